The highest BCUT2D eigenvalue weighted by molar-refractivity contribution is 6.31. The van der Waals surface area contributed by atoms with E-state index >= 15 is 0 Å². The van der Waals surface area contributed by atoms with Crippen LogP contribution in [0, 0.1) is 0 Å². The topological polar surface area (TPSA) is 58.6 Å². The minimum Gasteiger partial charge on any atom is -0.444 e. The van der Waals surface area contributed by atoms with Gasteiger partial charge >= 0.3 is 6.09 Å². The number of nitrogens with zero attached hydrogens (tertiary/aromatic N) is 1. The summed E-state index contributed by atoms with van der Waals surface area (Å²) in [6, 6.07) is 7.38. The molecule has 0 radical (unpaired) electrons. The lowest BCUT2D eigenvalue weighted by atomic mass is 10.1. The number of hydrogen-bond acceptors (Lipinski definition) is 3. The summed E-state index contributed by atoms with van der Waals surface area (Å²) in [5, 5.41) is 3.81. The third-order valence-corrected chi connectivity index (χ3v) is 4.95. The Morgan fingerprint density at radius 1 is 1.28 bits per heavy atom. The van der Waals surface area contributed by atoms with Crippen LogP contribution in [0.25, 0.3) is 0 Å². The molecular weight excluding hydrogens is 340 g/mol. The first-order valence-corrected chi connectivity index (χ1v) is 9.18. The maximum Gasteiger partial charge on any atom is 0.410 e. The highest BCUT2D eigenvalue weighted by Crippen LogP contribution is 2.43. The van der Waals surface area contributed by atoms with Gasteiger partial charge in [-0.25, -0.2) is 4.79 Å². The molecule has 1 aromatic carbocycles. The molecule has 1 saturated carbocycles. The second kappa shape index (κ2) is 6.87. The van der Waals surface area contributed by atoms with Crippen LogP contribution in [0.15, 0.2) is 24.3 Å². The first-order chi connectivity index (χ1) is 11.8. The van der Waals surface area contributed by atoms with Crippen molar-refractivity contribution in [2.75, 3.05) is 6.54 Å². The first kappa shape index (κ1) is 18.1. The summed E-state index contributed by atoms with van der Waals surface area (Å²) < 4.78 is 5.42. The lowest BCUT2D eigenvalue weighted by Gasteiger charge is -2.28. The summed E-state index contributed by atoms with van der Waals surface area (Å²) in [4.78, 5) is 26.5. The molecule has 2 fully saturated rings. The Hall–Kier alpha value is -1.75. The molecule has 0 spiro atoms. The second-order valence-electron chi connectivity index (χ2n) is 7.81. The highest BCUT2D eigenvalue weighted by atomic mass is 35.5. The van der Waals surface area contributed by atoms with Crippen LogP contribution in [-0.4, -0.2) is 41.1 Å². The number of nitrogens with one attached hydrogen (secondary N) is 1. The van der Waals surface area contributed by atoms with Crippen molar-refractivity contribution >= 4 is 23.6 Å². The van der Waals surface area contributed by atoms with Crippen LogP contribution in [0.1, 0.15) is 51.5 Å². The van der Waals surface area contributed by atoms with Gasteiger partial charge in [-0.3, -0.25) is 9.69 Å². The number of rotatable bonds is 3. The van der Waals surface area contributed by atoms with Crippen molar-refractivity contribution in [3.05, 3.63) is 34.9 Å². The highest BCUT2D eigenvalue weighted by Gasteiger charge is 2.43. The van der Waals surface area contributed by atoms with Crippen LogP contribution >= 0.6 is 11.6 Å². The number of halogens is 1. The third kappa shape index (κ3) is 4.27. The van der Waals surface area contributed by atoms with Gasteiger partial charge in [0.25, 0.3) is 0 Å². The maximum atomic E-state index is 12.6. The molecule has 6 heteroatoms. The SMILES string of the molecule is CC(C)(C)OC(=O)N1CCCC1C(=O)N[C@H]1C[C@@H]1c1ccccc1Cl. The summed E-state index contributed by atoms with van der Waals surface area (Å²) in [5.74, 6) is 0.164. The number of likely N-dealkylation sites (tertiary alicyclic amines) is 1. The first-order valence-electron chi connectivity index (χ1n) is 8.80. The minimum atomic E-state index is -0.563. The molecule has 2 aliphatic rings. The monoisotopic (exact) mass is 364 g/mol. The van der Waals surface area contributed by atoms with Crippen molar-refractivity contribution in [3.63, 3.8) is 0 Å². The van der Waals surface area contributed by atoms with Gasteiger partial charge in [-0.1, -0.05) is 29.8 Å². The number of amides is 2. The van der Waals surface area contributed by atoms with E-state index in [-0.39, 0.29) is 17.9 Å². The van der Waals surface area contributed by atoms with Gasteiger partial charge < -0.3 is 10.1 Å². The Morgan fingerprint density at radius 2 is 2.00 bits per heavy atom. The molecule has 25 heavy (non-hydrogen) atoms. The predicted molar refractivity (Wildman–Crippen MR) is 96.7 cm³/mol. The van der Waals surface area contributed by atoms with Crippen LogP contribution in [-0.2, 0) is 9.53 Å². The largest absolute Gasteiger partial charge is 0.444 e. The van der Waals surface area contributed by atoms with E-state index in [2.05, 4.69) is 5.32 Å². The van der Waals surface area contributed by atoms with Crippen molar-refractivity contribution in [1.82, 2.24) is 10.2 Å². The van der Waals surface area contributed by atoms with Gasteiger partial charge in [0.1, 0.15) is 11.6 Å². The predicted octanol–water partition coefficient (Wildman–Crippen LogP) is 3.71. The fourth-order valence-corrected chi connectivity index (χ4v) is 3.61. The molecule has 2 amide bonds. The standard InChI is InChI=1S/C19H25ClN2O3/c1-19(2,3)25-18(24)22-10-6-9-16(22)17(23)21-15-11-13(15)12-7-4-5-8-14(12)20/h4-5,7-8,13,15-16H,6,9-11H2,1-3H3,(H,21,23)/t13-,15+,16?/m1/s1. The molecule has 1 heterocycles. The van der Waals surface area contributed by atoms with E-state index in [0.29, 0.717) is 13.0 Å². The second-order valence-corrected chi connectivity index (χ2v) is 8.22. The number of carbonyl (C=O) groups excluding carboxylic acids is 2. The number of carbonyl (C=O) groups is 2. The third-order valence-electron chi connectivity index (χ3n) is 4.61. The van der Waals surface area contributed by atoms with Crippen molar-refractivity contribution in [3.8, 4) is 0 Å². The molecule has 1 aliphatic carbocycles. The Morgan fingerprint density at radius 3 is 2.68 bits per heavy atom. The molecular formula is C19H25ClN2O3. The average Bonchev–Trinajstić information content (AvgIpc) is 3.08. The Balaban J connectivity index is 1.58. The molecule has 136 valence electrons. The Kier molecular flexibility index (Phi) is 4.96. The van der Waals surface area contributed by atoms with E-state index in [1.165, 1.54) is 0 Å². The summed E-state index contributed by atoms with van der Waals surface area (Å²) in [5.41, 5.74) is 0.511. The quantitative estimate of drug-likeness (QED) is 0.889. The zero-order chi connectivity index (χ0) is 18.2. The summed E-state index contributed by atoms with van der Waals surface area (Å²) in [6.45, 7) is 6.04. The molecule has 3 atom stereocenters. The lowest BCUT2D eigenvalue weighted by molar-refractivity contribution is -0.125. The van der Waals surface area contributed by atoms with Crippen molar-refractivity contribution in [1.29, 1.82) is 0 Å². The van der Waals surface area contributed by atoms with Gasteiger partial charge in [0.05, 0.1) is 0 Å². The maximum absolute atomic E-state index is 12.6. The van der Waals surface area contributed by atoms with Crippen LogP contribution in [0.5, 0.6) is 0 Å². The van der Waals surface area contributed by atoms with Gasteiger partial charge in [-0.15, -0.1) is 0 Å². The number of hydrogen-bond donors (Lipinski definition) is 1. The van der Waals surface area contributed by atoms with E-state index in [0.717, 1.165) is 23.4 Å². The molecule has 5 nitrogen and oxygen atoms in total. The van der Waals surface area contributed by atoms with Crippen molar-refractivity contribution < 1.29 is 14.3 Å². The average molecular weight is 365 g/mol. The lowest BCUT2D eigenvalue weighted by Crippen LogP contribution is -2.48. The van der Waals surface area contributed by atoms with Crippen molar-refractivity contribution in [2.24, 2.45) is 0 Å². The number of ether oxygens (including phenoxy) is 1. The molecule has 1 unspecified atom stereocenters. The Bertz CT molecular complexity index is 671. The number of benzene rings is 1. The summed E-state index contributed by atoms with van der Waals surface area (Å²) >= 11 is 6.23. The Labute approximate surface area is 153 Å². The zero-order valence-electron chi connectivity index (χ0n) is 14.9. The van der Waals surface area contributed by atoms with Crippen molar-refractivity contribution in [2.45, 2.75) is 63.6 Å². The smallest absolute Gasteiger partial charge is 0.410 e. The van der Waals surface area contributed by atoms with Crippen LogP contribution in [0.3, 0.4) is 0 Å². The fourth-order valence-electron chi connectivity index (χ4n) is 3.33. The molecule has 1 aliphatic heterocycles. The van der Waals surface area contributed by atoms with Crippen LogP contribution < -0.4 is 5.32 Å². The molecule has 0 bridgehead atoms. The van der Waals surface area contributed by atoms with E-state index in [9.17, 15) is 9.59 Å². The van der Waals surface area contributed by atoms with Gasteiger partial charge in [-0.2, -0.15) is 0 Å². The molecule has 1 saturated heterocycles. The van der Waals surface area contributed by atoms with Crippen LogP contribution in [0.4, 0.5) is 4.79 Å². The van der Waals surface area contributed by atoms with Gasteiger partial charge in [0, 0.05) is 23.5 Å². The van der Waals surface area contributed by atoms with Gasteiger partial charge in [0.15, 0.2) is 0 Å². The van der Waals surface area contributed by atoms with Crippen LogP contribution in [0.2, 0.25) is 5.02 Å². The normalized spacial score (nSPS) is 25.6. The van der Waals surface area contributed by atoms with E-state index in [4.69, 9.17) is 16.3 Å². The van der Waals surface area contributed by atoms with Gasteiger partial charge in [-0.05, 0) is 51.7 Å². The minimum absolute atomic E-state index is 0.0912. The summed E-state index contributed by atoms with van der Waals surface area (Å²) in [7, 11) is 0. The van der Waals surface area contributed by atoms with E-state index in [1.54, 1.807) is 4.90 Å². The molecule has 3 rings (SSSR count). The molecule has 1 N–H and O–H groups in total. The molecule has 1 aromatic rings. The van der Waals surface area contributed by atoms with E-state index < -0.39 is 17.7 Å². The fraction of sp³-hybridized carbons (Fsp3) is 0.579. The van der Waals surface area contributed by atoms with Gasteiger partial charge in [0.2, 0.25) is 5.91 Å². The summed E-state index contributed by atoms with van der Waals surface area (Å²) in [6.07, 6.45) is 1.96. The molecule has 0 aromatic heterocycles. The zero-order valence-corrected chi connectivity index (χ0v) is 15.7. The van der Waals surface area contributed by atoms with E-state index in [1.807, 2.05) is 45.0 Å².